The molecule has 1 aromatic rings. The fraction of sp³-hybridized carbons (Fsp3) is 0.562. The molecule has 2 N–H and O–H groups in total. The zero-order chi connectivity index (χ0) is 15.0. The van der Waals surface area contributed by atoms with E-state index in [9.17, 15) is 4.79 Å². The molecule has 0 unspecified atom stereocenters. The van der Waals surface area contributed by atoms with Crippen LogP contribution in [-0.4, -0.2) is 29.9 Å². The van der Waals surface area contributed by atoms with Crippen molar-refractivity contribution in [3.8, 4) is 11.8 Å². The monoisotopic (exact) mass is 292 g/mol. The lowest BCUT2D eigenvalue weighted by molar-refractivity contribution is 0.0707. The molecule has 3 nitrogen and oxygen atoms in total. The minimum atomic E-state index is 0.0902. The third-order valence-corrected chi connectivity index (χ3v) is 3.97. The third-order valence-electron chi connectivity index (χ3n) is 3.07. The molecule has 0 aliphatic carbocycles. The summed E-state index contributed by atoms with van der Waals surface area (Å²) in [5, 5.41) is 1.91. The highest BCUT2D eigenvalue weighted by Crippen LogP contribution is 2.20. The molecule has 0 saturated carbocycles. The summed E-state index contributed by atoms with van der Waals surface area (Å²) >= 11 is 1.46. The third kappa shape index (κ3) is 4.66. The Morgan fingerprint density at radius 3 is 2.80 bits per heavy atom. The number of rotatable bonds is 6. The number of thiophene rings is 1. The first-order chi connectivity index (χ1) is 9.61. The smallest absolute Gasteiger partial charge is 0.265 e. The molecule has 0 aliphatic rings. The van der Waals surface area contributed by atoms with Crippen molar-refractivity contribution < 1.29 is 4.79 Å². The summed E-state index contributed by atoms with van der Waals surface area (Å²) in [6.45, 7) is 7.41. The molecule has 20 heavy (non-hydrogen) atoms. The van der Waals surface area contributed by atoms with E-state index in [2.05, 4.69) is 32.6 Å². The van der Waals surface area contributed by atoms with E-state index in [4.69, 9.17) is 5.73 Å². The number of nitrogens with two attached hydrogens (primary N) is 1. The van der Waals surface area contributed by atoms with Crippen molar-refractivity contribution in [2.45, 2.75) is 46.1 Å². The Morgan fingerprint density at radius 2 is 2.20 bits per heavy atom. The van der Waals surface area contributed by atoms with Crippen molar-refractivity contribution >= 4 is 17.2 Å². The van der Waals surface area contributed by atoms with Gasteiger partial charge in [-0.3, -0.25) is 4.79 Å². The standard InChI is InChI=1S/C16H24N2OS/c1-4-5-6-11-18(13(2)3)16(19)15-14(8-7-10-17)9-12-20-15/h9,12-13H,4-6,10-11,17H2,1-3H3. The molecule has 4 heteroatoms. The van der Waals surface area contributed by atoms with Crippen molar-refractivity contribution in [2.75, 3.05) is 13.1 Å². The molecule has 110 valence electrons. The van der Waals surface area contributed by atoms with E-state index in [0.717, 1.165) is 36.2 Å². The molecule has 0 spiro atoms. The molecule has 1 rings (SSSR count). The zero-order valence-electron chi connectivity index (χ0n) is 12.6. The number of amides is 1. The lowest BCUT2D eigenvalue weighted by atomic mass is 10.2. The largest absolute Gasteiger partial charge is 0.335 e. The van der Waals surface area contributed by atoms with Crippen molar-refractivity contribution in [1.82, 2.24) is 4.90 Å². The maximum absolute atomic E-state index is 12.7. The first kappa shape index (κ1) is 16.7. The van der Waals surface area contributed by atoms with Crippen molar-refractivity contribution in [2.24, 2.45) is 5.73 Å². The van der Waals surface area contributed by atoms with Crippen LogP contribution >= 0.6 is 11.3 Å². The summed E-state index contributed by atoms with van der Waals surface area (Å²) in [4.78, 5) is 15.3. The van der Waals surface area contributed by atoms with Gasteiger partial charge in [-0.05, 0) is 31.7 Å². The maximum atomic E-state index is 12.7. The second-order valence-electron chi connectivity index (χ2n) is 4.97. The van der Waals surface area contributed by atoms with Crippen molar-refractivity contribution in [1.29, 1.82) is 0 Å². The van der Waals surface area contributed by atoms with Gasteiger partial charge in [-0.15, -0.1) is 11.3 Å². The van der Waals surface area contributed by atoms with Gasteiger partial charge in [0.25, 0.3) is 5.91 Å². The van der Waals surface area contributed by atoms with E-state index < -0.39 is 0 Å². The summed E-state index contributed by atoms with van der Waals surface area (Å²) in [5.41, 5.74) is 6.19. The van der Waals surface area contributed by atoms with Gasteiger partial charge in [0.15, 0.2) is 0 Å². The van der Waals surface area contributed by atoms with E-state index in [1.54, 1.807) is 0 Å². The van der Waals surface area contributed by atoms with Gasteiger partial charge >= 0.3 is 0 Å². The van der Waals surface area contributed by atoms with Gasteiger partial charge in [-0.25, -0.2) is 0 Å². The van der Waals surface area contributed by atoms with Crippen LogP contribution in [0.4, 0.5) is 0 Å². The van der Waals surface area contributed by atoms with Crippen LogP contribution in [0.2, 0.25) is 0 Å². The number of unbranched alkanes of at least 4 members (excludes halogenated alkanes) is 2. The Bertz CT molecular complexity index is 482. The van der Waals surface area contributed by atoms with Crippen LogP contribution in [0.3, 0.4) is 0 Å². The number of hydrogen-bond donors (Lipinski definition) is 1. The Balaban J connectivity index is 2.86. The van der Waals surface area contributed by atoms with Crippen LogP contribution in [-0.2, 0) is 0 Å². The minimum absolute atomic E-state index is 0.0902. The van der Waals surface area contributed by atoms with Gasteiger partial charge in [-0.1, -0.05) is 31.6 Å². The predicted octanol–water partition coefficient (Wildman–Crippen LogP) is 3.10. The first-order valence-corrected chi connectivity index (χ1v) is 8.07. The predicted molar refractivity (Wildman–Crippen MR) is 85.9 cm³/mol. The Labute approximate surface area is 126 Å². The molecule has 0 saturated heterocycles. The maximum Gasteiger partial charge on any atom is 0.265 e. The summed E-state index contributed by atoms with van der Waals surface area (Å²) < 4.78 is 0. The highest BCUT2D eigenvalue weighted by Gasteiger charge is 2.21. The van der Waals surface area contributed by atoms with E-state index >= 15 is 0 Å². The highest BCUT2D eigenvalue weighted by atomic mass is 32.1. The van der Waals surface area contributed by atoms with Crippen LogP contribution in [0.25, 0.3) is 0 Å². The molecular weight excluding hydrogens is 268 g/mol. The average molecular weight is 292 g/mol. The average Bonchev–Trinajstić information content (AvgIpc) is 2.88. The van der Waals surface area contributed by atoms with Crippen LogP contribution in [0.5, 0.6) is 0 Å². The molecule has 0 aliphatic heterocycles. The van der Waals surface area contributed by atoms with E-state index in [1.807, 2.05) is 16.3 Å². The van der Waals surface area contributed by atoms with E-state index in [1.165, 1.54) is 11.3 Å². The SMILES string of the molecule is CCCCCN(C(=O)c1sccc1C#CCN)C(C)C. The Hall–Kier alpha value is -1.31. The molecule has 0 atom stereocenters. The first-order valence-electron chi connectivity index (χ1n) is 7.19. The molecule has 1 aromatic heterocycles. The fourth-order valence-corrected chi connectivity index (χ4v) is 2.78. The Morgan fingerprint density at radius 1 is 1.45 bits per heavy atom. The number of hydrogen-bond acceptors (Lipinski definition) is 3. The number of nitrogens with zero attached hydrogens (tertiary/aromatic N) is 1. The van der Waals surface area contributed by atoms with Gasteiger partial charge in [0.2, 0.25) is 0 Å². The van der Waals surface area contributed by atoms with Gasteiger partial charge in [0, 0.05) is 18.2 Å². The lowest BCUT2D eigenvalue weighted by Gasteiger charge is -2.26. The van der Waals surface area contributed by atoms with Gasteiger partial charge in [0.1, 0.15) is 4.88 Å². The van der Waals surface area contributed by atoms with Crippen LogP contribution in [0, 0.1) is 11.8 Å². The van der Waals surface area contributed by atoms with Crippen molar-refractivity contribution in [3.63, 3.8) is 0 Å². The Kier molecular flexibility index (Phi) is 7.35. The van der Waals surface area contributed by atoms with Crippen LogP contribution in [0.1, 0.15) is 55.3 Å². The molecule has 1 amide bonds. The topological polar surface area (TPSA) is 46.3 Å². The summed E-state index contributed by atoms with van der Waals surface area (Å²) in [5.74, 6) is 5.89. The number of carbonyl (C=O) groups is 1. The molecule has 1 heterocycles. The molecule has 0 radical (unpaired) electrons. The molecule has 0 fully saturated rings. The normalized spacial score (nSPS) is 10.2. The number of carbonyl (C=O) groups excluding carboxylic acids is 1. The molecular formula is C16H24N2OS. The highest BCUT2D eigenvalue weighted by molar-refractivity contribution is 7.12. The summed E-state index contributed by atoms with van der Waals surface area (Å²) in [6.07, 6.45) is 3.36. The molecule has 0 aromatic carbocycles. The van der Waals surface area contributed by atoms with Crippen LogP contribution < -0.4 is 5.73 Å². The van der Waals surface area contributed by atoms with Gasteiger partial charge in [-0.2, -0.15) is 0 Å². The fourth-order valence-electron chi connectivity index (χ4n) is 1.98. The van der Waals surface area contributed by atoms with Gasteiger partial charge in [0.05, 0.1) is 6.54 Å². The second-order valence-corrected chi connectivity index (χ2v) is 5.88. The zero-order valence-corrected chi connectivity index (χ0v) is 13.4. The van der Waals surface area contributed by atoms with Crippen molar-refractivity contribution in [3.05, 3.63) is 21.9 Å². The van der Waals surface area contributed by atoms with E-state index in [-0.39, 0.29) is 11.9 Å². The molecule has 0 bridgehead atoms. The van der Waals surface area contributed by atoms with Crippen LogP contribution in [0.15, 0.2) is 11.4 Å². The lowest BCUT2D eigenvalue weighted by Crippen LogP contribution is -2.37. The van der Waals surface area contributed by atoms with Gasteiger partial charge < -0.3 is 10.6 Å². The minimum Gasteiger partial charge on any atom is -0.335 e. The quantitative estimate of drug-likeness (QED) is 0.647. The summed E-state index contributed by atoms with van der Waals surface area (Å²) in [7, 11) is 0. The van der Waals surface area contributed by atoms with E-state index in [0.29, 0.717) is 6.54 Å². The second kappa shape index (κ2) is 8.78. The summed E-state index contributed by atoms with van der Waals surface area (Å²) in [6, 6.07) is 2.10.